The van der Waals surface area contributed by atoms with Gasteiger partial charge >= 0.3 is 19.8 Å². The monoisotopic (exact) mass is 471 g/mol. The van der Waals surface area contributed by atoms with Crippen LogP contribution < -0.4 is 11.1 Å². The molecular weight excluding hydrogens is 448 g/mol. The third kappa shape index (κ3) is 5.02. The maximum absolute atomic E-state index is 6.09. The number of rotatable bonds is 6. The molecule has 1 heterocycles. The first-order valence-corrected chi connectivity index (χ1v) is 7.09. The van der Waals surface area contributed by atoms with Gasteiger partial charge in [0.05, 0.1) is 0 Å². The Morgan fingerprint density at radius 1 is 1.45 bits per heavy atom. The van der Waals surface area contributed by atoms with Crippen LogP contribution in [0.5, 0.6) is 0 Å². The van der Waals surface area contributed by atoms with E-state index in [1.165, 1.54) is 0 Å². The number of hydrogen-bond acceptors (Lipinski definition) is 3. The van der Waals surface area contributed by atoms with Crippen LogP contribution in [-0.2, 0) is 19.8 Å². The Labute approximate surface area is 140 Å². The molecule has 1 fully saturated rings. The Hall–Kier alpha value is -0.104. The van der Waals surface area contributed by atoms with E-state index in [1.807, 2.05) is 24.3 Å². The van der Waals surface area contributed by atoms with Crippen LogP contribution in [0.25, 0.3) is 0 Å². The SMILES string of the molecule is CC1(CN)CCN([CH-]NC[CH-]c2ccccc2Cl)C1.[Os+2]. The van der Waals surface area contributed by atoms with Crippen LogP contribution in [0.1, 0.15) is 18.9 Å². The molecule has 1 aliphatic rings. The van der Waals surface area contributed by atoms with Gasteiger partial charge in [-0.25, -0.2) is 6.67 Å². The molecule has 1 aromatic rings. The van der Waals surface area contributed by atoms with E-state index in [9.17, 15) is 0 Å². The summed E-state index contributed by atoms with van der Waals surface area (Å²) in [5.74, 6) is 0. The Morgan fingerprint density at radius 3 is 2.85 bits per heavy atom. The van der Waals surface area contributed by atoms with Crippen molar-refractivity contribution in [3.05, 3.63) is 47.9 Å². The molecule has 2 rings (SSSR count). The second-order valence-corrected chi connectivity index (χ2v) is 5.91. The van der Waals surface area contributed by atoms with E-state index in [4.69, 9.17) is 17.3 Å². The minimum atomic E-state index is 0. The van der Waals surface area contributed by atoms with Crippen LogP contribution in [0.4, 0.5) is 0 Å². The van der Waals surface area contributed by atoms with Gasteiger partial charge in [0.1, 0.15) is 0 Å². The molecule has 20 heavy (non-hydrogen) atoms. The molecule has 3 nitrogen and oxygen atoms in total. The zero-order chi connectivity index (χ0) is 13.7. The summed E-state index contributed by atoms with van der Waals surface area (Å²) < 4.78 is 0. The number of likely N-dealkylation sites (tertiary alicyclic amines) is 1. The van der Waals surface area contributed by atoms with Gasteiger partial charge in [0, 0.05) is 0 Å². The molecule has 112 valence electrons. The van der Waals surface area contributed by atoms with Crippen molar-refractivity contribution in [1.82, 2.24) is 10.2 Å². The predicted molar refractivity (Wildman–Crippen MR) is 80.5 cm³/mol. The zero-order valence-corrected chi connectivity index (χ0v) is 15.1. The molecule has 1 unspecified atom stereocenters. The number of nitrogens with one attached hydrogen (secondary N) is 1. The van der Waals surface area contributed by atoms with Gasteiger partial charge in [-0.1, -0.05) is 24.6 Å². The molecule has 1 aliphatic heterocycles. The number of hydrogen-bond donors (Lipinski definition) is 2. The standard InChI is InChI=1S/C15H22ClN3.Os/c1-15(10-17)7-9-19(11-15)12-18-8-6-13-4-2-3-5-14(13)16;/h2-6,12,18H,7-11,17H2,1H3;/q-2;+2. The Bertz CT molecular complexity index is 416. The maximum Gasteiger partial charge on any atom is 2.00 e. The second-order valence-electron chi connectivity index (χ2n) is 5.50. The van der Waals surface area contributed by atoms with Crippen LogP contribution in [-0.4, -0.2) is 31.1 Å². The molecule has 0 aliphatic carbocycles. The van der Waals surface area contributed by atoms with Gasteiger partial charge in [-0.2, -0.15) is 29.7 Å². The van der Waals surface area contributed by atoms with Crippen molar-refractivity contribution >= 4 is 11.6 Å². The van der Waals surface area contributed by atoms with Gasteiger partial charge in [0.2, 0.25) is 0 Å². The fourth-order valence-corrected chi connectivity index (χ4v) is 2.54. The molecular formula is C15H22ClN3Os. The quantitative estimate of drug-likeness (QED) is 0.496. The summed E-state index contributed by atoms with van der Waals surface area (Å²) in [6, 6.07) is 7.86. The van der Waals surface area contributed by atoms with E-state index in [1.54, 1.807) is 0 Å². The summed E-state index contributed by atoms with van der Waals surface area (Å²) in [6.45, 7) is 7.95. The minimum Gasteiger partial charge on any atom is -0.463 e. The Kier molecular flexibility index (Phi) is 7.51. The van der Waals surface area contributed by atoms with E-state index >= 15 is 0 Å². The topological polar surface area (TPSA) is 41.3 Å². The molecule has 0 aromatic heterocycles. The average Bonchev–Trinajstić information content (AvgIpc) is 2.79. The molecule has 1 aromatic carbocycles. The van der Waals surface area contributed by atoms with Crippen molar-refractivity contribution in [2.24, 2.45) is 11.1 Å². The molecule has 1 atom stereocenters. The molecule has 3 N–H and O–H groups in total. The van der Waals surface area contributed by atoms with Gasteiger partial charge in [0.25, 0.3) is 0 Å². The van der Waals surface area contributed by atoms with E-state index in [2.05, 4.69) is 30.2 Å². The molecule has 0 saturated carbocycles. The van der Waals surface area contributed by atoms with E-state index in [-0.39, 0.29) is 25.2 Å². The van der Waals surface area contributed by atoms with Crippen molar-refractivity contribution in [2.45, 2.75) is 13.3 Å². The first-order chi connectivity index (χ1) is 9.13. The smallest absolute Gasteiger partial charge is 0.463 e. The van der Waals surface area contributed by atoms with Gasteiger partial charge in [-0.3, -0.25) is 0 Å². The normalized spacial score (nSPS) is 22.6. The van der Waals surface area contributed by atoms with Gasteiger partial charge < -0.3 is 16.0 Å². The number of nitrogens with zero attached hydrogens (tertiary/aromatic N) is 1. The predicted octanol–water partition coefficient (Wildman–Crippen LogP) is 2.27. The average molecular weight is 470 g/mol. The van der Waals surface area contributed by atoms with Gasteiger partial charge in [0.15, 0.2) is 0 Å². The van der Waals surface area contributed by atoms with Crippen molar-refractivity contribution < 1.29 is 19.8 Å². The summed E-state index contributed by atoms with van der Waals surface area (Å²) in [7, 11) is 0. The number of benzene rings is 1. The molecule has 0 spiro atoms. The molecule has 0 radical (unpaired) electrons. The van der Waals surface area contributed by atoms with E-state index in [0.29, 0.717) is 0 Å². The van der Waals surface area contributed by atoms with E-state index in [0.717, 1.165) is 43.2 Å². The van der Waals surface area contributed by atoms with Gasteiger partial charge in [-0.15, -0.1) is 12.1 Å². The second kappa shape index (κ2) is 8.37. The summed E-state index contributed by atoms with van der Waals surface area (Å²) in [6.07, 6.45) is 3.26. The molecule has 0 bridgehead atoms. The van der Waals surface area contributed by atoms with Crippen molar-refractivity contribution in [2.75, 3.05) is 26.2 Å². The van der Waals surface area contributed by atoms with Crippen LogP contribution >= 0.6 is 11.6 Å². The third-order valence-electron chi connectivity index (χ3n) is 3.70. The summed E-state index contributed by atoms with van der Waals surface area (Å²) in [4.78, 5) is 2.30. The van der Waals surface area contributed by atoms with Crippen molar-refractivity contribution in [1.29, 1.82) is 0 Å². The fraction of sp³-hybridized carbons (Fsp3) is 0.467. The minimum absolute atomic E-state index is 0. The van der Waals surface area contributed by atoms with Crippen LogP contribution in [0.2, 0.25) is 5.02 Å². The van der Waals surface area contributed by atoms with Gasteiger partial charge in [-0.05, 0) is 31.5 Å². The number of halogens is 1. The molecule has 1 saturated heterocycles. The Balaban J connectivity index is 0.00000200. The fourth-order valence-electron chi connectivity index (χ4n) is 2.33. The zero-order valence-electron chi connectivity index (χ0n) is 11.8. The van der Waals surface area contributed by atoms with Crippen molar-refractivity contribution in [3.8, 4) is 0 Å². The summed E-state index contributed by atoms with van der Waals surface area (Å²) in [5, 5.41) is 4.10. The first kappa shape index (κ1) is 17.9. The number of nitrogens with two attached hydrogens (primary N) is 1. The van der Waals surface area contributed by atoms with Crippen molar-refractivity contribution in [3.63, 3.8) is 0 Å². The summed E-state index contributed by atoms with van der Waals surface area (Å²) in [5.41, 5.74) is 7.13. The van der Waals surface area contributed by atoms with Crippen LogP contribution in [0.15, 0.2) is 24.3 Å². The third-order valence-corrected chi connectivity index (χ3v) is 4.04. The first-order valence-electron chi connectivity index (χ1n) is 6.72. The largest absolute Gasteiger partial charge is 2.00 e. The summed E-state index contributed by atoms with van der Waals surface area (Å²) >= 11 is 6.09. The molecule has 0 amide bonds. The maximum atomic E-state index is 6.09. The molecule has 5 heteroatoms. The van der Waals surface area contributed by atoms with E-state index < -0.39 is 0 Å². The van der Waals surface area contributed by atoms with Crippen LogP contribution in [0.3, 0.4) is 0 Å². The van der Waals surface area contributed by atoms with Crippen LogP contribution in [0, 0.1) is 18.5 Å². The Morgan fingerprint density at radius 2 is 2.20 bits per heavy atom.